The van der Waals surface area contributed by atoms with Gasteiger partial charge in [-0.2, -0.15) is 18.3 Å². The van der Waals surface area contributed by atoms with E-state index in [-0.39, 0.29) is 29.3 Å². The first-order valence-electron chi connectivity index (χ1n) is 11.5. The number of fused-ring (bicyclic) bond motifs is 1. The van der Waals surface area contributed by atoms with Gasteiger partial charge in [0.15, 0.2) is 5.82 Å². The van der Waals surface area contributed by atoms with E-state index in [2.05, 4.69) is 35.9 Å². The number of aromatic nitrogens is 2. The van der Waals surface area contributed by atoms with Crippen LogP contribution in [0, 0.1) is 0 Å². The summed E-state index contributed by atoms with van der Waals surface area (Å²) in [7, 11) is 0. The third-order valence-electron chi connectivity index (χ3n) is 7.69. The predicted octanol–water partition coefficient (Wildman–Crippen LogP) is 2.40. The molecule has 4 aliphatic heterocycles. The molecule has 34 heavy (non-hydrogen) atoms. The van der Waals surface area contributed by atoms with Crippen molar-refractivity contribution in [2.24, 2.45) is 0 Å². The van der Waals surface area contributed by atoms with Crippen LogP contribution in [0.4, 0.5) is 19.0 Å². The van der Waals surface area contributed by atoms with E-state index < -0.39 is 23.3 Å². The molecule has 11 heteroatoms. The Bertz CT molecular complexity index is 1070. The van der Waals surface area contributed by atoms with Crippen LogP contribution in [-0.2, 0) is 20.5 Å². The number of nitrogens with zero attached hydrogens (tertiary/aromatic N) is 5. The van der Waals surface area contributed by atoms with E-state index in [1.165, 1.54) is 0 Å². The molecular weight excluding hydrogens is 451 g/mol. The third kappa shape index (κ3) is 3.47. The summed E-state index contributed by atoms with van der Waals surface area (Å²) in [6, 6.07) is 0.743. The monoisotopic (exact) mass is 479 g/mol. The first-order valence-corrected chi connectivity index (χ1v) is 11.5. The fourth-order valence-electron chi connectivity index (χ4n) is 5.54. The Morgan fingerprint density at radius 2 is 1.82 bits per heavy atom. The van der Waals surface area contributed by atoms with Gasteiger partial charge in [-0.05, 0) is 33.8 Å². The maximum atomic E-state index is 13.6. The number of carbonyl (C=O) groups excluding carboxylic acids is 2. The van der Waals surface area contributed by atoms with Gasteiger partial charge < -0.3 is 14.5 Å². The summed E-state index contributed by atoms with van der Waals surface area (Å²) in [6.45, 7) is 10.2. The van der Waals surface area contributed by atoms with Crippen molar-refractivity contribution in [2.45, 2.75) is 69.9 Å². The SMILES string of the molecule is CC1=C(C(=O)N2CC3C2CN3c2cc(C(F)(F)F)cnn2)C2(CCN(C(C)(C)C)CC2)OC1=O. The van der Waals surface area contributed by atoms with Crippen LogP contribution in [0.5, 0.6) is 0 Å². The molecule has 0 aromatic carbocycles. The molecular formula is C23H28F3N5O3. The number of likely N-dealkylation sites (tertiary alicyclic amines) is 2. The Labute approximate surface area is 195 Å². The van der Waals surface area contributed by atoms with Crippen LogP contribution < -0.4 is 4.90 Å². The Morgan fingerprint density at radius 3 is 2.38 bits per heavy atom. The number of piperazine rings is 1. The fraction of sp³-hybridized carbons (Fsp3) is 0.652. The number of esters is 1. The summed E-state index contributed by atoms with van der Waals surface area (Å²) in [5.74, 6) is -0.494. The Morgan fingerprint density at radius 1 is 1.15 bits per heavy atom. The zero-order valence-corrected chi connectivity index (χ0v) is 19.6. The first kappa shape index (κ1) is 23.1. The van der Waals surface area contributed by atoms with E-state index in [0.717, 1.165) is 19.2 Å². The van der Waals surface area contributed by atoms with Gasteiger partial charge in [-0.1, -0.05) is 0 Å². The maximum absolute atomic E-state index is 13.6. The largest absolute Gasteiger partial charge is 0.450 e. The van der Waals surface area contributed by atoms with Crippen molar-refractivity contribution in [3.63, 3.8) is 0 Å². The number of anilines is 1. The Kier molecular flexibility index (Phi) is 5.02. The molecule has 0 bridgehead atoms. The van der Waals surface area contributed by atoms with Crippen molar-refractivity contribution in [1.29, 1.82) is 0 Å². The number of carbonyl (C=O) groups is 2. The summed E-state index contributed by atoms with van der Waals surface area (Å²) in [5, 5.41) is 7.35. The molecule has 1 amide bonds. The number of hydrogen-bond acceptors (Lipinski definition) is 7. The average Bonchev–Trinajstić information content (AvgIpc) is 2.97. The highest BCUT2D eigenvalue weighted by Crippen LogP contribution is 2.46. The molecule has 0 saturated carbocycles. The molecule has 5 heterocycles. The van der Waals surface area contributed by atoms with Gasteiger partial charge in [0.25, 0.3) is 5.91 Å². The van der Waals surface area contributed by atoms with E-state index in [1.54, 1.807) is 16.7 Å². The van der Waals surface area contributed by atoms with Crippen LogP contribution in [0.2, 0.25) is 0 Å². The average molecular weight is 480 g/mol. The summed E-state index contributed by atoms with van der Waals surface area (Å²) in [5.41, 5.74) is -0.959. The van der Waals surface area contributed by atoms with Crippen molar-refractivity contribution in [3.05, 3.63) is 29.0 Å². The first-order chi connectivity index (χ1) is 15.8. The second-order valence-electron chi connectivity index (χ2n) is 10.6. The number of hydrogen-bond donors (Lipinski definition) is 0. The van der Waals surface area contributed by atoms with Gasteiger partial charge in [-0.15, -0.1) is 5.10 Å². The second kappa shape index (κ2) is 7.40. The van der Waals surface area contributed by atoms with Crippen LogP contribution in [0.3, 0.4) is 0 Å². The van der Waals surface area contributed by atoms with Crippen molar-refractivity contribution in [1.82, 2.24) is 20.0 Å². The maximum Gasteiger partial charge on any atom is 0.418 e. The minimum atomic E-state index is -4.49. The van der Waals surface area contributed by atoms with E-state index >= 15 is 0 Å². The molecule has 2 unspecified atom stereocenters. The van der Waals surface area contributed by atoms with E-state index in [9.17, 15) is 22.8 Å². The lowest BCUT2D eigenvalue weighted by Gasteiger charge is -2.62. The van der Waals surface area contributed by atoms with Crippen molar-refractivity contribution in [3.8, 4) is 0 Å². The van der Waals surface area contributed by atoms with Crippen molar-refractivity contribution in [2.75, 3.05) is 31.1 Å². The smallest absolute Gasteiger partial charge is 0.418 e. The number of piperidine rings is 1. The minimum Gasteiger partial charge on any atom is -0.450 e. The van der Waals surface area contributed by atoms with Crippen LogP contribution in [0.15, 0.2) is 23.4 Å². The molecule has 0 radical (unpaired) electrons. The molecule has 1 spiro atoms. The number of ether oxygens (including phenoxy) is 1. The van der Waals surface area contributed by atoms with Crippen LogP contribution in [-0.4, -0.2) is 81.3 Å². The molecule has 0 N–H and O–H groups in total. The zero-order valence-electron chi connectivity index (χ0n) is 19.6. The topological polar surface area (TPSA) is 78.9 Å². The van der Waals surface area contributed by atoms with E-state index in [4.69, 9.17) is 4.74 Å². The lowest BCUT2D eigenvalue weighted by Crippen LogP contribution is -2.80. The van der Waals surface area contributed by atoms with E-state index in [0.29, 0.717) is 43.3 Å². The van der Waals surface area contributed by atoms with Crippen LogP contribution >= 0.6 is 0 Å². The summed E-state index contributed by atoms with van der Waals surface area (Å²) in [4.78, 5) is 31.9. The molecule has 8 nitrogen and oxygen atoms in total. The standard InChI is InChI=1S/C23H28F3N5O3/c1-13-18(22(34-20(13)33)5-7-29(8-6-22)21(2,3)4)19(32)31-12-15-16(31)11-30(15)17-9-14(10-27-28-17)23(24,25)26/h9-10,15-16H,5-8,11-12H2,1-4H3. The Balaban J connectivity index is 1.29. The summed E-state index contributed by atoms with van der Waals surface area (Å²) >= 11 is 0. The third-order valence-corrected chi connectivity index (χ3v) is 7.69. The lowest BCUT2D eigenvalue weighted by molar-refractivity contribution is -0.154. The molecule has 3 saturated heterocycles. The van der Waals surface area contributed by atoms with Gasteiger partial charge in [-0.25, -0.2) is 4.79 Å². The predicted molar refractivity (Wildman–Crippen MR) is 116 cm³/mol. The zero-order chi connectivity index (χ0) is 24.6. The van der Waals surface area contributed by atoms with Gasteiger partial charge in [-0.3, -0.25) is 9.69 Å². The molecule has 1 aromatic heterocycles. The van der Waals surface area contributed by atoms with Crippen molar-refractivity contribution < 1.29 is 27.5 Å². The fourth-order valence-corrected chi connectivity index (χ4v) is 5.54. The highest BCUT2D eigenvalue weighted by Gasteiger charge is 2.59. The van der Waals surface area contributed by atoms with Crippen molar-refractivity contribution >= 4 is 17.7 Å². The number of amides is 1. The number of rotatable bonds is 2. The molecule has 184 valence electrons. The van der Waals surface area contributed by atoms with E-state index in [1.807, 2.05) is 0 Å². The summed E-state index contributed by atoms with van der Waals surface area (Å²) < 4.78 is 44.9. The molecule has 5 rings (SSSR count). The quantitative estimate of drug-likeness (QED) is 0.603. The molecule has 2 atom stereocenters. The number of alkyl halides is 3. The Hall–Kier alpha value is -2.69. The van der Waals surface area contributed by atoms with Gasteiger partial charge in [0.2, 0.25) is 0 Å². The lowest BCUT2D eigenvalue weighted by atomic mass is 9.78. The molecule has 4 aliphatic rings. The highest BCUT2D eigenvalue weighted by atomic mass is 19.4. The highest BCUT2D eigenvalue weighted by molar-refractivity contribution is 6.07. The normalized spacial score (nSPS) is 26.9. The van der Waals surface area contributed by atoms with Gasteiger partial charge in [0.1, 0.15) is 5.60 Å². The van der Waals surface area contributed by atoms with Gasteiger partial charge in [0.05, 0.1) is 29.4 Å². The van der Waals surface area contributed by atoms with Crippen LogP contribution in [0.25, 0.3) is 0 Å². The second-order valence-corrected chi connectivity index (χ2v) is 10.6. The van der Waals surface area contributed by atoms with Gasteiger partial charge >= 0.3 is 12.1 Å². The molecule has 3 fully saturated rings. The minimum absolute atomic E-state index is 0.0143. The molecule has 0 aliphatic carbocycles. The number of halogens is 3. The summed E-state index contributed by atoms with van der Waals surface area (Å²) in [6.07, 6.45) is -2.68. The van der Waals surface area contributed by atoms with Gasteiger partial charge in [0, 0.05) is 50.1 Å². The molecule has 1 aromatic rings. The van der Waals surface area contributed by atoms with Crippen LogP contribution in [0.1, 0.15) is 46.1 Å².